The van der Waals surface area contributed by atoms with Crippen molar-refractivity contribution in [2.45, 2.75) is 12.8 Å². The molecule has 0 fully saturated rings. The minimum absolute atomic E-state index is 1.01. The first-order valence-corrected chi connectivity index (χ1v) is 4.99. The van der Waals surface area contributed by atoms with Gasteiger partial charge in [0.05, 0.1) is 0 Å². The predicted octanol–water partition coefficient (Wildman–Crippen LogP) is 3.45. The molecule has 0 nitrogen and oxygen atoms in total. The van der Waals surface area contributed by atoms with E-state index in [1.54, 1.807) is 0 Å². The standard InChI is InChI=1S/2C5H5.2FH.Ti/c2*1-2-4-5-3-1;;;/h2*1-3H,4H2;2*1H;/q2*-1;;;+2/p-2. The molecule has 0 atom stereocenters. The molecule has 0 heterocycles. The molecule has 0 radical (unpaired) electrons. The Kier molecular flexibility index (Phi) is 11.1. The average molecular weight is 216 g/mol. The van der Waals surface area contributed by atoms with E-state index in [2.05, 4.69) is 24.3 Å². The van der Waals surface area contributed by atoms with Crippen LogP contribution < -0.4 is 0 Å². The van der Waals surface area contributed by atoms with E-state index in [0.29, 0.717) is 0 Å². The van der Waals surface area contributed by atoms with Gasteiger partial charge in [0.15, 0.2) is 0 Å². The molecule has 0 N–H and O–H groups in total. The summed E-state index contributed by atoms with van der Waals surface area (Å²) in [6, 6.07) is 0. The third kappa shape index (κ3) is 11.5. The van der Waals surface area contributed by atoms with Gasteiger partial charge in [-0.25, -0.2) is 24.3 Å². The second-order valence-electron chi connectivity index (χ2n) is 2.08. The Balaban J connectivity index is 0.000000174. The van der Waals surface area contributed by atoms with Crippen LogP contribution in [0.15, 0.2) is 36.5 Å². The van der Waals surface area contributed by atoms with Crippen molar-refractivity contribution in [3.8, 4) is 0 Å². The second kappa shape index (κ2) is 11.5. The molecule has 0 aromatic rings. The maximum atomic E-state index is 9.75. The number of hydrogen-bond acceptors (Lipinski definition) is 0. The van der Waals surface area contributed by atoms with E-state index in [0.717, 1.165) is 12.8 Å². The number of rotatable bonds is 0. The summed E-state index contributed by atoms with van der Waals surface area (Å²) < 4.78 is 19.5. The molecule has 0 spiro atoms. The molecule has 0 saturated heterocycles. The fourth-order valence-electron chi connectivity index (χ4n) is 0.680. The molecule has 70 valence electrons. The van der Waals surface area contributed by atoms with Crippen LogP contribution in [0.3, 0.4) is 0 Å². The number of hydrogen-bond donors (Lipinski definition) is 0. The Morgan fingerprint density at radius 3 is 1.38 bits per heavy atom. The molecule has 3 heteroatoms. The van der Waals surface area contributed by atoms with Crippen molar-refractivity contribution in [1.29, 1.82) is 0 Å². The van der Waals surface area contributed by atoms with Crippen LogP contribution in [0.4, 0.5) is 6.18 Å². The Hall–Kier alpha value is -0.466. The van der Waals surface area contributed by atoms with Gasteiger partial charge in [-0.3, -0.25) is 12.2 Å². The molecule has 2 aliphatic rings. The first-order chi connectivity index (χ1) is 6.41. The van der Waals surface area contributed by atoms with Crippen molar-refractivity contribution in [3.63, 3.8) is 0 Å². The van der Waals surface area contributed by atoms with Gasteiger partial charge in [-0.05, 0) is 0 Å². The van der Waals surface area contributed by atoms with Crippen molar-refractivity contribution in [1.82, 2.24) is 0 Å². The van der Waals surface area contributed by atoms with E-state index in [-0.39, 0.29) is 0 Å². The molecule has 0 unspecified atom stereocenters. The van der Waals surface area contributed by atoms with Crippen LogP contribution in [-0.2, 0) is 20.2 Å². The summed E-state index contributed by atoms with van der Waals surface area (Å²) in [6.45, 7) is 0. The van der Waals surface area contributed by atoms with Gasteiger partial charge in [0.1, 0.15) is 0 Å². The van der Waals surface area contributed by atoms with Crippen LogP contribution in [-0.4, -0.2) is 0 Å². The summed E-state index contributed by atoms with van der Waals surface area (Å²) in [7, 11) is 0. The first kappa shape index (κ1) is 12.5. The summed E-state index contributed by atoms with van der Waals surface area (Å²) in [5.74, 6) is 0. The van der Waals surface area contributed by atoms with Crippen LogP contribution in [0.25, 0.3) is 0 Å². The normalized spacial score (nSPS) is 14.6. The van der Waals surface area contributed by atoms with Gasteiger partial charge in [-0.15, -0.1) is 12.8 Å². The van der Waals surface area contributed by atoms with E-state index in [9.17, 15) is 6.18 Å². The third-order valence-corrected chi connectivity index (χ3v) is 1.17. The van der Waals surface area contributed by atoms with E-state index in [1.807, 2.05) is 24.3 Å². The van der Waals surface area contributed by atoms with E-state index < -0.39 is 20.2 Å². The molecule has 0 amide bonds. The molecular formula is C10H10F2Ti-2. The zero-order valence-corrected chi connectivity index (χ0v) is 8.70. The summed E-state index contributed by atoms with van der Waals surface area (Å²) >= 11 is -2.50. The average Bonchev–Trinajstić information content (AvgIpc) is 2.85. The van der Waals surface area contributed by atoms with Gasteiger partial charge in [-0.2, -0.15) is 12.2 Å². The van der Waals surface area contributed by atoms with Crippen LogP contribution in [0, 0.1) is 12.2 Å². The molecule has 0 aromatic heterocycles. The molecule has 0 saturated carbocycles. The molecular weight excluding hydrogens is 206 g/mol. The van der Waals surface area contributed by atoms with Gasteiger partial charge in [0.2, 0.25) is 0 Å². The summed E-state index contributed by atoms with van der Waals surface area (Å²) in [5, 5.41) is 0. The molecule has 0 aliphatic heterocycles. The fourth-order valence-corrected chi connectivity index (χ4v) is 0.680. The molecule has 13 heavy (non-hydrogen) atoms. The Labute approximate surface area is 88.0 Å². The number of allylic oxidation sites excluding steroid dienone is 8. The summed E-state index contributed by atoms with van der Waals surface area (Å²) in [4.78, 5) is 0. The van der Waals surface area contributed by atoms with Crippen LogP contribution >= 0.6 is 0 Å². The monoisotopic (exact) mass is 216 g/mol. The zero-order valence-electron chi connectivity index (χ0n) is 7.13. The van der Waals surface area contributed by atoms with Crippen molar-refractivity contribution < 1.29 is 26.4 Å². The summed E-state index contributed by atoms with van der Waals surface area (Å²) in [5.41, 5.74) is 0. The minimum atomic E-state index is -2.50. The third-order valence-electron chi connectivity index (χ3n) is 1.17. The molecule has 0 aromatic carbocycles. The van der Waals surface area contributed by atoms with Gasteiger partial charge < -0.3 is 0 Å². The van der Waals surface area contributed by atoms with Crippen LogP contribution in [0.1, 0.15) is 12.8 Å². The van der Waals surface area contributed by atoms with Crippen molar-refractivity contribution >= 4 is 0 Å². The van der Waals surface area contributed by atoms with Crippen molar-refractivity contribution in [2.24, 2.45) is 0 Å². The van der Waals surface area contributed by atoms with Crippen molar-refractivity contribution in [2.75, 3.05) is 0 Å². The summed E-state index contributed by atoms with van der Waals surface area (Å²) in [6.07, 6.45) is 20.0. The fraction of sp³-hybridized carbons (Fsp3) is 0.200. The SMILES string of the molecule is [C-]1=CC=CC1.[C-]1=CC=CC1.[F][Ti][F]. The van der Waals surface area contributed by atoms with Crippen LogP contribution in [0.5, 0.6) is 0 Å². The topological polar surface area (TPSA) is 0 Å². The predicted molar refractivity (Wildman–Crippen MR) is 45.4 cm³/mol. The Morgan fingerprint density at radius 1 is 0.923 bits per heavy atom. The zero-order chi connectivity index (χ0) is 9.78. The Bertz CT molecular complexity index is 163. The van der Waals surface area contributed by atoms with Crippen LogP contribution in [0.2, 0.25) is 0 Å². The van der Waals surface area contributed by atoms with Gasteiger partial charge in [-0.1, -0.05) is 0 Å². The molecule has 0 bridgehead atoms. The van der Waals surface area contributed by atoms with Gasteiger partial charge in [0.25, 0.3) is 0 Å². The molecule has 2 aliphatic carbocycles. The number of halogens is 2. The van der Waals surface area contributed by atoms with E-state index in [4.69, 9.17) is 0 Å². The first-order valence-electron chi connectivity index (χ1n) is 3.81. The molecule has 2 rings (SSSR count). The Morgan fingerprint density at radius 2 is 1.31 bits per heavy atom. The quantitative estimate of drug-likeness (QED) is 0.429. The van der Waals surface area contributed by atoms with Gasteiger partial charge in [0, 0.05) is 0 Å². The maximum absolute atomic E-state index is 9.75. The van der Waals surface area contributed by atoms with Gasteiger partial charge >= 0.3 is 26.4 Å². The van der Waals surface area contributed by atoms with E-state index in [1.165, 1.54) is 0 Å². The second-order valence-corrected chi connectivity index (χ2v) is 2.30. The van der Waals surface area contributed by atoms with Crippen molar-refractivity contribution in [3.05, 3.63) is 48.6 Å². The van der Waals surface area contributed by atoms with E-state index >= 15 is 0 Å².